The van der Waals surface area contributed by atoms with Crippen LogP contribution in [0.1, 0.15) is 23.8 Å². The highest BCUT2D eigenvalue weighted by molar-refractivity contribution is 9.10. The smallest absolute Gasteiger partial charge is 0.0401 e. The topological polar surface area (TPSA) is 52.0 Å². The third-order valence-corrected chi connectivity index (χ3v) is 3.70. The molecule has 1 rings (SSSR count). The lowest BCUT2D eigenvalue weighted by Gasteiger charge is -2.08. The summed E-state index contributed by atoms with van der Waals surface area (Å²) in [7, 11) is 0. The second-order valence-corrected chi connectivity index (χ2v) is 4.47. The minimum Gasteiger partial charge on any atom is -0.330 e. The minimum absolute atomic E-state index is 0. The molecule has 0 aliphatic rings. The van der Waals surface area contributed by atoms with Gasteiger partial charge in [0.15, 0.2) is 0 Å². The van der Waals surface area contributed by atoms with Crippen LogP contribution in [0.5, 0.6) is 0 Å². The van der Waals surface area contributed by atoms with E-state index >= 15 is 0 Å². The molecule has 5 heteroatoms. The lowest BCUT2D eigenvalue weighted by Crippen LogP contribution is -2.11. The van der Waals surface area contributed by atoms with Gasteiger partial charge in [-0.05, 0) is 46.8 Å². The number of rotatable bonds is 4. The van der Waals surface area contributed by atoms with Crippen molar-refractivity contribution in [3.05, 3.63) is 20.8 Å². The molecule has 0 saturated heterocycles. The van der Waals surface area contributed by atoms with Gasteiger partial charge in [0.2, 0.25) is 0 Å². The maximum Gasteiger partial charge on any atom is 0.0401 e. The first-order valence-electron chi connectivity index (χ1n) is 3.94. The Labute approximate surface area is 97.2 Å². The van der Waals surface area contributed by atoms with Crippen molar-refractivity contribution in [2.75, 3.05) is 6.54 Å². The third kappa shape index (κ3) is 3.95. The van der Waals surface area contributed by atoms with Gasteiger partial charge in [0.05, 0.1) is 0 Å². The van der Waals surface area contributed by atoms with Gasteiger partial charge < -0.3 is 11.5 Å². The molecule has 0 unspecified atom stereocenters. The molecule has 76 valence electrons. The standard InChI is InChI=1S/C8H13BrN2S.ClH/c9-6-3-5-12-8(6)7(11)2-1-4-10;/h3,5,7H,1-2,4,10-11H2;1H/t7-;/m1./s1. The van der Waals surface area contributed by atoms with Crippen LogP contribution in [0.2, 0.25) is 0 Å². The fourth-order valence-corrected chi connectivity index (χ4v) is 2.74. The van der Waals surface area contributed by atoms with Crippen molar-refractivity contribution in [3.63, 3.8) is 0 Å². The largest absolute Gasteiger partial charge is 0.330 e. The van der Waals surface area contributed by atoms with E-state index in [4.69, 9.17) is 11.5 Å². The molecule has 4 N–H and O–H groups in total. The Bertz CT molecular complexity index is 242. The van der Waals surface area contributed by atoms with Crippen LogP contribution in [0.25, 0.3) is 0 Å². The van der Waals surface area contributed by atoms with Crippen molar-refractivity contribution in [1.29, 1.82) is 0 Å². The van der Waals surface area contributed by atoms with Crippen molar-refractivity contribution in [1.82, 2.24) is 0 Å². The molecule has 1 atom stereocenters. The summed E-state index contributed by atoms with van der Waals surface area (Å²) in [6.07, 6.45) is 1.96. The average Bonchev–Trinajstić information content (AvgIpc) is 2.47. The number of hydrogen-bond donors (Lipinski definition) is 2. The number of nitrogens with two attached hydrogens (primary N) is 2. The Kier molecular flexibility index (Phi) is 6.99. The van der Waals surface area contributed by atoms with E-state index in [0.717, 1.165) is 23.9 Å². The zero-order valence-electron chi connectivity index (χ0n) is 7.20. The van der Waals surface area contributed by atoms with E-state index in [2.05, 4.69) is 15.9 Å². The summed E-state index contributed by atoms with van der Waals surface area (Å²) >= 11 is 5.15. The van der Waals surface area contributed by atoms with Crippen LogP contribution in [0, 0.1) is 0 Å². The lowest BCUT2D eigenvalue weighted by molar-refractivity contribution is 0.625. The second-order valence-electron chi connectivity index (χ2n) is 2.67. The van der Waals surface area contributed by atoms with E-state index in [1.807, 2.05) is 11.4 Å². The summed E-state index contributed by atoms with van der Waals surface area (Å²) < 4.78 is 1.12. The lowest BCUT2D eigenvalue weighted by atomic mass is 10.1. The first-order chi connectivity index (χ1) is 5.75. The maximum atomic E-state index is 5.95. The van der Waals surface area contributed by atoms with E-state index in [-0.39, 0.29) is 18.4 Å². The highest BCUT2D eigenvalue weighted by Gasteiger charge is 2.09. The van der Waals surface area contributed by atoms with Crippen LogP contribution in [-0.2, 0) is 0 Å². The van der Waals surface area contributed by atoms with Gasteiger partial charge in [-0.25, -0.2) is 0 Å². The molecule has 0 fully saturated rings. The van der Waals surface area contributed by atoms with Gasteiger partial charge in [-0.3, -0.25) is 0 Å². The molecule has 0 radical (unpaired) electrons. The highest BCUT2D eigenvalue weighted by atomic mass is 79.9. The third-order valence-electron chi connectivity index (χ3n) is 1.70. The minimum atomic E-state index is 0. The van der Waals surface area contributed by atoms with Crippen molar-refractivity contribution >= 4 is 39.7 Å². The zero-order chi connectivity index (χ0) is 8.97. The van der Waals surface area contributed by atoms with Crippen LogP contribution in [0.15, 0.2) is 15.9 Å². The molecule has 0 saturated carbocycles. The van der Waals surface area contributed by atoms with Gasteiger partial charge in [0, 0.05) is 15.4 Å². The van der Waals surface area contributed by atoms with Gasteiger partial charge in [-0.15, -0.1) is 23.7 Å². The predicted molar refractivity (Wildman–Crippen MR) is 64.5 cm³/mol. The van der Waals surface area contributed by atoms with Crippen LogP contribution in [-0.4, -0.2) is 6.54 Å². The molecule has 0 spiro atoms. The molecule has 0 aliphatic heterocycles. The first-order valence-corrected chi connectivity index (χ1v) is 5.61. The molecule has 1 heterocycles. The summed E-state index contributed by atoms with van der Waals surface area (Å²) in [6, 6.07) is 2.17. The number of hydrogen-bond acceptors (Lipinski definition) is 3. The van der Waals surface area contributed by atoms with Crippen molar-refractivity contribution in [2.45, 2.75) is 18.9 Å². The van der Waals surface area contributed by atoms with Crippen LogP contribution in [0.4, 0.5) is 0 Å². The fourth-order valence-electron chi connectivity index (χ4n) is 1.04. The van der Waals surface area contributed by atoms with Gasteiger partial charge >= 0.3 is 0 Å². The predicted octanol–water partition coefficient (Wildman–Crippen LogP) is 2.67. The van der Waals surface area contributed by atoms with Gasteiger partial charge in [0.1, 0.15) is 0 Å². The molecular formula is C8H14BrClN2S. The number of thiophene rings is 1. The number of halogens is 2. The molecule has 1 aromatic rings. The van der Waals surface area contributed by atoms with E-state index in [1.54, 1.807) is 11.3 Å². The molecule has 2 nitrogen and oxygen atoms in total. The molecule has 0 aromatic carbocycles. The molecule has 0 aliphatic carbocycles. The van der Waals surface area contributed by atoms with E-state index in [9.17, 15) is 0 Å². The van der Waals surface area contributed by atoms with E-state index < -0.39 is 0 Å². The fraction of sp³-hybridized carbons (Fsp3) is 0.500. The normalized spacial score (nSPS) is 12.2. The van der Waals surface area contributed by atoms with Crippen molar-refractivity contribution in [3.8, 4) is 0 Å². The summed E-state index contributed by atoms with van der Waals surface area (Å²) in [5, 5.41) is 2.04. The van der Waals surface area contributed by atoms with Gasteiger partial charge in [-0.2, -0.15) is 0 Å². The Morgan fingerprint density at radius 3 is 2.69 bits per heavy atom. The summed E-state index contributed by atoms with van der Waals surface area (Å²) in [5.41, 5.74) is 11.4. The van der Waals surface area contributed by atoms with Crippen LogP contribution < -0.4 is 11.5 Å². The Hall–Kier alpha value is 0.390. The SMILES string of the molecule is Cl.NCCC[C@@H](N)c1sccc1Br. The van der Waals surface area contributed by atoms with E-state index in [1.165, 1.54) is 4.88 Å². The quantitative estimate of drug-likeness (QED) is 0.893. The van der Waals surface area contributed by atoms with Gasteiger partial charge in [-0.1, -0.05) is 0 Å². The highest BCUT2D eigenvalue weighted by Crippen LogP contribution is 2.29. The molecular weight excluding hydrogens is 272 g/mol. The zero-order valence-corrected chi connectivity index (χ0v) is 10.4. The van der Waals surface area contributed by atoms with E-state index in [0.29, 0.717) is 0 Å². The molecule has 0 amide bonds. The summed E-state index contributed by atoms with van der Waals surface area (Å²) in [6.45, 7) is 0.719. The molecule has 1 aromatic heterocycles. The monoisotopic (exact) mass is 284 g/mol. The average molecular weight is 286 g/mol. The van der Waals surface area contributed by atoms with Crippen LogP contribution >= 0.6 is 39.7 Å². The van der Waals surface area contributed by atoms with Crippen LogP contribution in [0.3, 0.4) is 0 Å². The Balaban J connectivity index is 0.00000144. The summed E-state index contributed by atoms with van der Waals surface area (Å²) in [4.78, 5) is 1.23. The first kappa shape index (κ1) is 13.4. The second kappa shape index (κ2) is 6.79. The molecule has 13 heavy (non-hydrogen) atoms. The van der Waals surface area contributed by atoms with Crippen molar-refractivity contribution < 1.29 is 0 Å². The van der Waals surface area contributed by atoms with Crippen molar-refractivity contribution in [2.24, 2.45) is 11.5 Å². The van der Waals surface area contributed by atoms with Gasteiger partial charge in [0.25, 0.3) is 0 Å². The Morgan fingerprint density at radius 2 is 2.23 bits per heavy atom. The maximum absolute atomic E-state index is 5.95. The summed E-state index contributed by atoms with van der Waals surface area (Å²) in [5.74, 6) is 0. The molecule has 0 bridgehead atoms. The Morgan fingerprint density at radius 1 is 1.54 bits per heavy atom.